The molecule has 0 aromatic heterocycles. The van der Waals surface area contributed by atoms with Gasteiger partial charge in [0, 0.05) is 10.1 Å². The lowest BCUT2D eigenvalue weighted by Gasteiger charge is -2.06. The molecular formula is C17H10Cl3NO2S. The molecule has 0 spiro atoms. The molecule has 122 valence electrons. The van der Waals surface area contributed by atoms with Crippen molar-refractivity contribution in [3.8, 4) is 6.07 Å². The molecule has 0 aliphatic carbocycles. The maximum absolute atomic E-state index is 12.6. The zero-order valence-electron chi connectivity index (χ0n) is 12.1. The summed E-state index contributed by atoms with van der Waals surface area (Å²) in [5.74, 6) is 0. The second-order valence-corrected chi connectivity index (χ2v) is 7.81. The van der Waals surface area contributed by atoms with Crippen molar-refractivity contribution in [1.82, 2.24) is 0 Å². The van der Waals surface area contributed by atoms with Gasteiger partial charge in [0.15, 0.2) is 4.91 Å². The summed E-state index contributed by atoms with van der Waals surface area (Å²) in [7, 11) is -4.13. The van der Waals surface area contributed by atoms with E-state index in [1.807, 2.05) is 18.2 Å². The van der Waals surface area contributed by atoms with Gasteiger partial charge in [-0.25, -0.2) is 8.42 Å². The summed E-state index contributed by atoms with van der Waals surface area (Å²) in [6.45, 7) is 0. The topological polar surface area (TPSA) is 57.9 Å². The number of hydrogen-bond acceptors (Lipinski definition) is 3. The van der Waals surface area contributed by atoms with Crippen LogP contribution in [0.3, 0.4) is 0 Å². The summed E-state index contributed by atoms with van der Waals surface area (Å²) in [4.78, 5) is -0.766. The minimum absolute atomic E-state index is 0.0243. The highest BCUT2D eigenvalue weighted by molar-refractivity contribution is 7.95. The first-order valence-corrected chi connectivity index (χ1v) is 9.20. The second-order valence-electron chi connectivity index (χ2n) is 4.64. The Labute approximate surface area is 155 Å². The Morgan fingerprint density at radius 2 is 1.75 bits per heavy atom. The number of halogens is 3. The SMILES string of the molecule is N#C/C(=C\C(Cl)=C\c1ccccc1)S(=O)(=O)c1cc(Cl)ccc1Cl. The van der Waals surface area contributed by atoms with E-state index in [0.717, 1.165) is 11.6 Å². The first-order valence-electron chi connectivity index (χ1n) is 6.59. The van der Waals surface area contributed by atoms with E-state index < -0.39 is 14.7 Å². The van der Waals surface area contributed by atoms with Crippen molar-refractivity contribution in [1.29, 1.82) is 5.26 Å². The Bertz CT molecular complexity index is 959. The van der Waals surface area contributed by atoms with Gasteiger partial charge in [-0.3, -0.25) is 0 Å². The molecule has 2 aromatic carbocycles. The molecule has 0 unspecified atom stereocenters. The van der Waals surface area contributed by atoms with Crippen LogP contribution in [0.5, 0.6) is 0 Å². The smallest absolute Gasteiger partial charge is 0.218 e. The summed E-state index contributed by atoms with van der Waals surface area (Å²) in [6, 6.07) is 14.7. The fourth-order valence-corrected chi connectivity index (χ4v) is 4.05. The summed E-state index contributed by atoms with van der Waals surface area (Å²) in [5.41, 5.74) is 0.772. The van der Waals surface area contributed by atoms with E-state index >= 15 is 0 Å². The molecule has 0 bridgehead atoms. The summed E-state index contributed by atoms with van der Waals surface area (Å²) in [6.07, 6.45) is 2.63. The standard InChI is InChI=1S/C17H10Cl3NO2S/c18-13-6-7-16(20)17(10-13)24(22,23)15(11-21)9-14(19)8-12-4-2-1-3-5-12/h1-10H/b14-8-,15-9+. The largest absolute Gasteiger partial charge is 0.218 e. The van der Waals surface area contributed by atoms with Crippen LogP contribution in [-0.2, 0) is 9.84 Å². The zero-order chi connectivity index (χ0) is 17.7. The molecule has 0 saturated heterocycles. The van der Waals surface area contributed by atoms with Crippen molar-refractivity contribution in [3.63, 3.8) is 0 Å². The van der Waals surface area contributed by atoms with E-state index in [0.29, 0.717) is 0 Å². The van der Waals surface area contributed by atoms with Crippen molar-refractivity contribution in [3.05, 3.63) is 80.2 Å². The predicted molar refractivity (Wildman–Crippen MR) is 97.6 cm³/mol. The van der Waals surface area contributed by atoms with Gasteiger partial charge in [0.05, 0.1) is 9.92 Å². The van der Waals surface area contributed by atoms with Crippen molar-refractivity contribution < 1.29 is 8.42 Å². The molecule has 0 aliphatic rings. The van der Waals surface area contributed by atoms with E-state index in [1.165, 1.54) is 18.2 Å². The number of nitriles is 1. The van der Waals surface area contributed by atoms with Crippen molar-refractivity contribution in [2.45, 2.75) is 4.90 Å². The lowest BCUT2D eigenvalue weighted by Crippen LogP contribution is -2.04. The molecule has 2 rings (SSSR count). The monoisotopic (exact) mass is 397 g/mol. The van der Waals surface area contributed by atoms with Crippen LogP contribution < -0.4 is 0 Å². The third-order valence-electron chi connectivity index (χ3n) is 2.96. The minimum atomic E-state index is -4.13. The highest BCUT2D eigenvalue weighted by atomic mass is 35.5. The van der Waals surface area contributed by atoms with Gasteiger partial charge in [0.2, 0.25) is 9.84 Å². The Balaban J connectivity index is 2.49. The molecule has 0 saturated carbocycles. The molecule has 0 heterocycles. The van der Waals surface area contributed by atoms with Gasteiger partial charge in [-0.2, -0.15) is 5.26 Å². The van der Waals surface area contributed by atoms with Crippen LogP contribution >= 0.6 is 34.8 Å². The molecule has 0 aliphatic heterocycles. The Morgan fingerprint density at radius 1 is 1.08 bits per heavy atom. The number of rotatable bonds is 4. The van der Waals surface area contributed by atoms with E-state index in [2.05, 4.69) is 0 Å². The maximum Gasteiger partial charge on any atom is 0.218 e. The van der Waals surface area contributed by atoms with Gasteiger partial charge in [-0.1, -0.05) is 65.1 Å². The second kappa shape index (κ2) is 7.87. The van der Waals surface area contributed by atoms with Gasteiger partial charge in [0.25, 0.3) is 0 Å². The van der Waals surface area contributed by atoms with Gasteiger partial charge in [-0.15, -0.1) is 0 Å². The van der Waals surface area contributed by atoms with Crippen LogP contribution in [0.4, 0.5) is 0 Å². The van der Waals surface area contributed by atoms with E-state index in [9.17, 15) is 13.7 Å². The average molecular weight is 399 g/mol. The first-order chi connectivity index (χ1) is 11.3. The van der Waals surface area contributed by atoms with Crippen LogP contribution in [0.2, 0.25) is 10.0 Å². The number of hydrogen-bond donors (Lipinski definition) is 0. The molecule has 2 aromatic rings. The number of benzene rings is 2. The first kappa shape index (κ1) is 18.6. The van der Waals surface area contributed by atoms with E-state index in [4.69, 9.17) is 34.8 Å². The number of nitrogens with zero attached hydrogens (tertiary/aromatic N) is 1. The normalized spacial score (nSPS) is 12.8. The van der Waals surface area contributed by atoms with Crippen molar-refractivity contribution in [2.24, 2.45) is 0 Å². The summed E-state index contributed by atoms with van der Waals surface area (Å²) < 4.78 is 25.2. The van der Waals surface area contributed by atoms with Gasteiger partial charge >= 0.3 is 0 Å². The van der Waals surface area contributed by atoms with Crippen LogP contribution in [0.15, 0.2) is 69.4 Å². The fourth-order valence-electron chi connectivity index (χ4n) is 1.85. The molecule has 24 heavy (non-hydrogen) atoms. The molecule has 3 nitrogen and oxygen atoms in total. The van der Waals surface area contributed by atoms with Crippen molar-refractivity contribution in [2.75, 3.05) is 0 Å². The van der Waals surface area contributed by atoms with Crippen LogP contribution in [0.1, 0.15) is 5.56 Å². The summed E-state index contributed by atoms with van der Waals surface area (Å²) in [5, 5.41) is 9.51. The predicted octanol–water partition coefficient (Wildman–Crippen LogP) is 5.45. The average Bonchev–Trinajstić information content (AvgIpc) is 2.55. The molecule has 0 fully saturated rings. The molecule has 0 N–H and O–H groups in total. The van der Waals surface area contributed by atoms with E-state index in [1.54, 1.807) is 24.3 Å². The third kappa shape index (κ3) is 4.40. The fraction of sp³-hybridized carbons (Fsp3) is 0. The quantitative estimate of drug-likeness (QED) is 0.508. The molecule has 7 heteroatoms. The van der Waals surface area contributed by atoms with E-state index in [-0.39, 0.29) is 20.0 Å². The molecule has 0 atom stereocenters. The third-order valence-corrected chi connectivity index (χ3v) is 5.56. The minimum Gasteiger partial charge on any atom is -0.218 e. The van der Waals surface area contributed by atoms with Crippen LogP contribution in [0.25, 0.3) is 6.08 Å². The Morgan fingerprint density at radius 3 is 2.38 bits per heavy atom. The lowest BCUT2D eigenvalue weighted by atomic mass is 10.2. The molecular weight excluding hydrogens is 389 g/mol. The molecule has 0 radical (unpaired) electrons. The Hall–Kier alpha value is -1.77. The summed E-state index contributed by atoms with van der Waals surface area (Å²) >= 11 is 17.8. The zero-order valence-corrected chi connectivity index (χ0v) is 15.2. The van der Waals surface area contributed by atoms with Gasteiger partial charge in [0.1, 0.15) is 6.07 Å². The lowest BCUT2D eigenvalue weighted by molar-refractivity contribution is 0.603. The van der Waals surface area contributed by atoms with Crippen molar-refractivity contribution >= 4 is 50.7 Å². The highest BCUT2D eigenvalue weighted by Crippen LogP contribution is 2.30. The van der Waals surface area contributed by atoms with Gasteiger partial charge < -0.3 is 0 Å². The van der Waals surface area contributed by atoms with Gasteiger partial charge in [-0.05, 0) is 35.9 Å². The highest BCUT2D eigenvalue weighted by Gasteiger charge is 2.24. The molecule has 0 amide bonds. The Kier molecular flexibility index (Phi) is 6.09. The number of sulfone groups is 1. The van der Waals surface area contributed by atoms with Crippen LogP contribution in [0, 0.1) is 11.3 Å². The number of allylic oxidation sites excluding steroid dienone is 3. The maximum atomic E-state index is 12.6. The van der Waals surface area contributed by atoms with Crippen LogP contribution in [-0.4, -0.2) is 8.42 Å².